The van der Waals surface area contributed by atoms with E-state index in [1.807, 2.05) is 0 Å². The van der Waals surface area contributed by atoms with Crippen LogP contribution in [0, 0.1) is 0 Å². The van der Waals surface area contributed by atoms with Crippen LogP contribution in [-0.2, 0) is 6.54 Å². The van der Waals surface area contributed by atoms with Gasteiger partial charge in [0.2, 0.25) is 0 Å². The summed E-state index contributed by atoms with van der Waals surface area (Å²) in [5.74, 6) is 0. The van der Waals surface area contributed by atoms with Gasteiger partial charge in [0.15, 0.2) is 0 Å². The third-order valence-corrected chi connectivity index (χ3v) is 3.88. The molecular weight excluding hydrogens is 288 g/mol. The number of hydrogen-bond donors (Lipinski definition) is 1. The highest BCUT2D eigenvalue weighted by molar-refractivity contribution is 9.10. The van der Waals surface area contributed by atoms with Crippen LogP contribution in [-0.4, -0.2) is 20.1 Å². The molecule has 0 spiro atoms. The first-order chi connectivity index (χ1) is 8.69. The molecule has 0 aliphatic carbocycles. The lowest BCUT2D eigenvalue weighted by Gasteiger charge is -2.20. The van der Waals surface area contributed by atoms with Crippen molar-refractivity contribution in [2.24, 2.45) is 0 Å². The van der Waals surface area contributed by atoms with Gasteiger partial charge < -0.3 is 10.2 Å². The van der Waals surface area contributed by atoms with Crippen LogP contribution >= 0.6 is 15.9 Å². The molecule has 0 unspecified atom stereocenters. The quantitative estimate of drug-likeness (QED) is 0.724. The highest BCUT2D eigenvalue weighted by Crippen LogP contribution is 2.23. The van der Waals surface area contributed by atoms with Crippen LogP contribution in [0.25, 0.3) is 0 Å². The fraction of sp³-hybridized carbons (Fsp3) is 0.600. The maximum absolute atomic E-state index is 3.66. The molecule has 1 aromatic carbocycles. The van der Waals surface area contributed by atoms with Crippen molar-refractivity contribution in [1.29, 1.82) is 0 Å². The second-order valence-corrected chi connectivity index (χ2v) is 5.54. The third kappa shape index (κ3) is 4.99. The summed E-state index contributed by atoms with van der Waals surface area (Å²) in [5.41, 5.74) is 2.61. The summed E-state index contributed by atoms with van der Waals surface area (Å²) in [7, 11) is 2.17. The molecule has 2 nitrogen and oxygen atoms in total. The Kier molecular flexibility index (Phi) is 7.36. The zero-order valence-corrected chi connectivity index (χ0v) is 13.4. The van der Waals surface area contributed by atoms with Crippen LogP contribution in [0.15, 0.2) is 22.7 Å². The molecule has 102 valence electrons. The second kappa shape index (κ2) is 8.54. The number of anilines is 1. The van der Waals surface area contributed by atoms with Crippen LogP contribution < -0.4 is 10.2 Å². The predicted molar refractivity (Wildman–Crippen MR) is 84.3 cm³/mol. The number of nitrogens with one attached hydrogen (secondary N) is 1. The minimum Gasteiger partial charge on any atom is -0.375 e. The Morgan fingerprint density at radius 1 is 1.22 bits per heavy atom. The molecule has 0 aromatic heterocycles. The second-order valence-electron chi connectivity index (χ2n) is 4.68. The van der Waals surface area contributed by atoms with Crippen LogP contribution in [0.3, 0.4) is 0 Å². The maximum Gasteiger partial charge on any atom is 0.0375 e. The van der Waals surface area contributed by atoms with Crippen molar-refractivity contribution in [2.45, 2.75) is 39.7 Å². The Hall–Kier alpha value is -0.540. The molecule has 0 amide bonds. The van der Waals surface area contributed by atoms with Gasteiger partial charge in [0, 0.05) is 30.3 Å². The standard InChI is InChI=1S/C15H25BrN2/c1-4-6-7-10-18(3)14-9-8-13(12-17-5-2)15(16)11-14/h8-9,11,17H,4-7,10,12H2,1-3H3. The van der Waals surface area contributed by atoms with Gasteiger partial charge in [0.1, 0.15) is 0 Å². The molecule has 18 heavy (non-hydrogen) atoms. The van der Waals surface area contributed by atoms with Gasteiger partial charge in [-0.2, -0.15) is 0 Å². The molecule has 3 heteroatoms. The van der Waals surface area contributed by atoms with Gasteiger partial charge in [0.25, 0.3) is 0 Å². The zero-order valence-electron chi connectivity index (χ0n) is 11.8. The van der Waals surface area contributed by atoms with Crippen LogP contribution in [0.4, 0.5) is 5.69 Å². The minimum atomic E-state index is 0.927. The molecule has 0 bridgehead atoms. The smallest absolute Gasteiger partial charge is 0.0375 e. The Bertz CT molecular complexity index is 352. The monoisotopic (exact) mass is 312 g/mol. The Balaban J connectivity index is 2.59. The van der Waals surface area contributed by atoms with Crippen molar-refractivity contribution in [1.82, 2.24) is 5.32 Å². The van der Waals surface area contributed by atoms with Gasteiger partial charge in [0.05, 0.1) is 0 Å². The first-order valence-corrected chi connectivity index (χ1v) is 7.68. The van der Waals surface area contributed by atoms with E-state index in [9.17, 15) is 0 Å². The zero-order chi connectivity index (χ0) is 13.4. The summed E-state index contributed by atoms with van der Waals surface area (Å²) in [6.07, 6.45) is 3.85. The van der Waals surface area contributed by atoms with Gasteiger partial charge in [-0.25, -0.2) is 0 Å². The molecule has 0 atom stereocenters. The molecule has 1 N–H and O–H groups in total. The largest absolute Gasteiger partial charge is 0.375 e. The summed E-state index contributed by atoms with van der Waals surface area (Å²) in [6.45, 7) is 7.44. The molecule has 0 radical (unpaired) electrons. The normalized spacial score (nSPS) is 10.7. The van der Waals surface area contributed by atoms with Crippen molar-refractivity contribution < 1.29 is 0 Å². The van der Waals surface area contributed by atoms with Gasteiger partial charge in [-0.1, -0.05) is 48.7 Å². The van der Waals surface area contributed by atoms with Gasteiger partial charge in [-0.15, -0.1) is 0 Å². The van der Waals surface area contributed by atoms with E-state index in [2.05, 4.69) is 65.2 Å². The van der Waals surface area contributed by atoms with Crippen LogP contribution in [0.2, 0.25) is 0 Å². The van der Waals surface area contributed by atoms with E-state index in [4.69, 9.17) is 0 Å². The summed E-state index contributed by atoms with van der Waals surface area (Å²) in [5, 5.41) is 3.35. The minimum absolute atomic E-state index is 0.927. The first kappa shape index (κ1) is 15.5. The van der Waals surface area contributed by atoms with E-state index < -0.39 is 0 Å². The van der Waals surface area contributed by atoms with Crippen molar-refractivity contribution in [3.05, 3.63) is 28.2 Å². The predicted octanol–water partition coefficient (Wildman–Crippen LogP) is 4.19. The van der Waals surface area contributed by atoms with Crippen molar-refractivity contribution >= 4 is 21.6 Å². The van der Waals surface area contributed by atoms with Crippen molar-refractivity contribution in [2.75, 3.05) is 25.0 Å². The number of nitrogens with zero attached hydrogens (tertiary/aromatic N) is 1. The molecule has 0 heterocycles. The average molecular weight is 313 g/mol. The SMILES string of the molecule is CCCCCN(C)c1ccc(CNCC)c(Br)c1. The maximum atomic E-state index is 3.66. The Morgan fingerprint density at radius 2 is 2.00 bits per heavy atom. The van der Waals surface area contributed by atoms with Crippen molar-refractivity contribution in [3.63, 3.8) is 0 Å². The lowest BCUT2D eigenvalue weighted by atomic mass is 10.2. The molecular formula is C15H25BrN2. The topological polar surface area (TPSA) is 15.3 Å². The molecule has 0 saturated carbocycles. The average Bonchev–Trinajstić information content (AvgIpc) is 2.37. The summed E-state index contributed by atoms with van der Waals surface area (Å²) < 4.78 is 1.20. The van der Waals surface area contributed by atoms with E-state index in [0.29, 0.717) is 0 Å². The van der Waals surface area contributed by atoms with E-state index >= 15 is 0 Å². The van der Waals surface area contributed by atoms with Gasteiger partial charge >= 0.3 is 0 Å². The molecule has 0 fully saturated rings. The summed E-state index contributed by atoms with van der Waals surface area (Å²) in [6, 6.07) is 6.64. The number of benzene rings is 1. The summed E-state index contributed by atoms with van der Waals surface area (Å²) >= 11 is 3.66. The number of rotatable bonds is 8. The van der Waals surface area contributed by atoms with E-state index in [1.165, 1.54) is 35.0 Å². The Morgan fingerprint density at radius 3 is 2.61 bits per heavy atom. The molecule has 1 rings (SSSR count). The van der Waals surface area contributed by atoms with Crippen LogP contribution in [0.1, 0.15) is 38.7 Å². The first-order valence-electron chi connectivity index (χ1n) is 6.89. The van der Waals surface area contributed by atoms with Crippen molar-refractivity contribution in [3.8, 4) is 0 Å². The molecule has 0 aliphatic heterocycles. The van der Waals surface area contributed by atoms with Crippen LogP contribution in [0.5, 0.6) is 0 Å². The lowest BCUT2D eigenvalue weighted by molar-refractivity contribution is 0.704. The van der Waals surface area contributed by atoms with Gasteiger partial charge in [-0.05, 0) is 30.7 Å². The molecule has 0 saturated heterocycles. The fourth-order valence-corrected chi connectivity index (χ4v) is 2.41. The molecule has 0 aliphatic rings. The van der Waals surface area contributed by atoms with Gasteiger partial charge in [-0.3, -0.25) is 0 Å². The van der Waals surface area contributed by atoms with E-state index in [-0.39, 0.29) is 0 Å². The number of hydrogen-bond acceptors (Lipinski definition) is 2. The fourth-order valence-electron chi connectivity index (χ4n) is 1.90. The lowest BCUT2D eigenvalue weighted by Crippen LogP contribution is -2.18. The third-order valence-electron chi connectivity index (χ3n) is 3.14. The highest BCUT2D eigenvalue weighted by Gasteiger charge is 2.04. The Labute approximate surface area is 120 Å². The highest BCUT2D eigenvalue weighted by atomic mass is 79.9. The van der Waals surface area contributed by atoms with E-state index in [1.54, 1.807) is 0 Å². The number of unbranched alkanes of at least 4 members (excludes halogenated alkanes) is 2. The number of halogens is 1. The molecule has 1 aromatic rings. The van der Waals surface area contributed by atoms with E-state index in [0.717, 1.165) is 19.6 Å². The summed E-state index contributed by atoms with van der Waals surface area (Å²) in [4.78, 5) is 2.33.